The molecule has 0 N–H and O–H groups in total. The Bertz CT molecular complexity index is 697. The van der Waals surface area contributed by atoms with E-state index in [9.17, 15) is 0 Å². The Morgan fingerprint density at radius 2 is 1.48 bits per heavy atom. The summed E-state index contributed by atoms with van der Waals surface area (Å²) in [5.41, 5.74) is 1.28. The third kappa shape index (κ3) is 9.14. The van der Waals surface area contributed by atoms with Gasteiger partial charge in [-0.3, -0.25) is 0 Å². The highest BCUT2D eigenvalue weighted by atomic mass is 36.0. The van der Waals surface area contributed by atoms with Crippen molar-refractivity contribution in [3.05, 3.63) is 42.5 Å². The van der Waals surface area contributed by atoms with E-state index < -0.39 is 8.26 Å². The molecule has 0 radical (unpaired) electrons. The van der Waals surface area contributed by atoms with Crippen molar-refractivity contribution in [1.29, 1.82) is 5.26 Å². The summed E-state index contributed by atoms with van der Waals surface area (Å²) in [7, 11) is 8.96. The fourth-order valence-corrected chi connectivity index (χ4v) is 1.60. The zero-order valence-electron chi connectivity index (χ0n) is 11.9. The number of hydrogen-bond donors (Lipinski definition) is 0. The fraction of sp³-hybridized carbons (Fsp3) is 0.214. The molecule has 2 aromatic carbocycles. The van der Waals surface area contributed by atoms with Crippen molar-refractivity contribution >= 4 is 46.1 Å². The van der Waals surface area contributed by atoms with Crippen LogP contribution >= 0.6 is 21.4 Å². The molecule has 0 aliphatic heterocycles. The first kappa shape index (κ1) is 19.5. The summed E-state index contributed by atoms with van der Waals surface area (Å²) in [5.74, 6) is 0. The molecule has 7 heteroatoms. The lowest BCUT2D eigenvalue weighted by Gasteiger charge is -2.14. The van der Waals surface area contributed by atoms with Gasteiger partial charge in [0.15, 0.2) is 0 Å². The first-order valence-corrected chi connectivity index (χ1v) is 8.94. The summed E-state index contributed by atoms with van der Waals surface area (Å²) in [5, 5.41) is 9.93. The zero-order valence-corrected chi connectivity index (χ0v) is 14.2. The van der Waals surface area contributed by atoms with E-state index in [1.807, 2.05) is 0 Å². The molecule has 0 saturated carbocycles. The molecule has 0 spiro atoms. The minimum absolute atomic E-state index is 1.28. The molecule has 0 aromatic heterocycles. The summed E-state index contributed by atoms with van der Waals surface area (Å²) >= 11 is 0. The van der Waals surface area contributed by atoms with Crippen molar-refractivity contribution < 1.29 is 8.42 Å². The van der Waals surface area contributed by atoms with Gasteiger partial charge in [-0.15, -0.1) is 0 Å². The van der Waals surface area contributed by atoms with E-state index in [1.165, 1.54) is 23.4 Å². The van der Waals surface area contributed by atoms with Crippen LogP contribution in [0.3, 0.4) is 0 Å². The molecule has 4 nitrogen and oxygen atoms in total. The Hall–Kier alpha value is -1.48. The summed E-state index contributed by atoms with van der Waals surface area (Å²) in [6.45, 7) is 1.43. The van der Waals surface area contributed by atoms with Gasteiger partial charge in [0.05, 0.1) is 6.07 Å². The minimum atomic E-state index is -3.72. The number of rotatable bonds is 1. The van der Waals surface area contributed by atoms with Crippen LogP contribution in [0.1, 0.15) is 6.92 Å². The van der Waals surface area contributed by atoms with Gasteiger partial charge in [-0.2, -0.15) is 13.7 Å². The van der Waals surface area contributed by atoms with Crippen molar-refractivity contribution in [3.8, 4) is 6.07 Å². The smallest absolute Gasteiger partial charge is 0.317 e. The highest BCUT2D eigenvalue weighted by Gasteiger charge is 1.99. The quantitative estimate of drug-likeness (QED) is 0.727. The highest BCUT2D eigenvalue weighted by Crippen LogP contribution is 2.24. The van der Waals surface area contributed by atoms with Crippen molar-refractivity contribution in [2.24, 2.45) is 0 Å². The lowest BCUT2D eigenvalue weighted by atomic mass is 10.1. The number of benzene rings is 2. The standard InChI is InChI=1S/C12H13N.C2H3N.Cl2O2S/c1-13(2)12-9-5-7-10-6-3-4-8-11(10)12;1-2-3;1-5(2,3)4/h3-9H,1-2H3;1H3;. The maximum atomic E-state index is 9.16. The van der Waals surface area contributed by atoms with Gasteiger partial charge < -0.3 is 4.90 Å². The number of nitrogens with zero attached hydrogens (tertiary/aromatic N) is 2. The van der Waals surface area contributed by atoms with Crippen LogP contribution in [-0.4, -0.2) is 22.5 Å². The third-order valence-electron chi connectivity index (χ3n) is 2.25. The van der Waals surface area contributed by atoms with Gasteiger partial charge in [-0.25, -0.2) is 0 Å². The van der Waals surface area contributed by atoms with Crippen LogP contribution in [0.15, 0.2) is 42.5 Å². The molecule has 2 aromatic rings. The van der Waals surface area contributed by atoms with Crippen LogP contribution in [0.2, 0.25) is 0 Å². The maximum absolute atomic E-state index is 9.16. The van der Waals surface area contributed by atoms with E-state index in [2.05, 4.69) is 82.8 Å². The number of hydrogen-bond acceptors (Lipinski definition) is 4. The van der Waals surface area contributed by atoms with E-state index >= 15 is 0 Å². The molecule has 0 heterocycles. The summed E-state index contributed by atoms with van der Waals surface area (Å²) in [6.07, 6.45) is 0. The molecule has 0 bridgehead atoms. The first-order chi connectivity index (χ1) is 9.70. The van der Waals surface area contributed by atoms with Crippen LogP contribution in [-0.2, 0) is 8.26 Å². The SMILES string of the molecule is CC#N.CN(C)c1cccc2ccccc12.O=S(=O)(Cl)Cl. The molecule has 0 amide bonds. The average molecular weight is 347 g/mol. The van der Waals surface area contributed by atoms with E-state index in [-0.39, 0.29) is 0 Å². The van der Waals surface area contributed by atoms with Crippen molar-refractivity contribution in [2.75, 3.05) is 19.0 Å². The van der Waals surface area contributed by atoms with Gasteiger partial charge in [0, 0.05) is 53.5 Å². The van der Waals surface area contributed by atoms with E-state index in [0.717, 1.165) is 0 Å². The normalized spacial score (nSPS) is 9.52. The Morgan fingerprint density at radius 1 is 1.05 bits per heavy atom. The second kappa shape index (κ2) is 9.46. The number of halogens is 2. The maximum Gasteiger partial charge on any atom is 0.317 e. The Labute approximate surface area is 134 Å². The monoisotopic (exact) mass is 346 g/mol. The molecule has 21 heavy (non-hydrogen) atoms. The van der Waals surface area contributed by atoms with Crippen LogP contribution in [0.25, 0.3) is 10.8 Å². The second-order valence-electron chi connectivity index (χ2n) is 3.99. The molecule has 0 saturated heterocycles. The lowest BCUT2D eigenvalue weighted by Crippen LogP contribution is -2.08. The molecule has 0 fully saturated rings. The van der Waals surface area contributed by atoms with Crippen molar-refractivity contribution in [2.45, 2.75) is 6.92 Å². The van der Waals surface area contributed by atoms with Crippen LogP contribution < -0.4 is 4.90 Å². The molecule has 0 aliphatic rings. The largest absolute Gasteiger partial charge is 0.377 e. The summed E-state index contributed by atoms with van der Waals surface area (Å²) < 4.78 is 18.3. The lowest BCUT2D eigenvalue weighted by molar-refractivity contribution is 0.621. The van der Waals surface area contributed by atoms with Crippen LogP contribution in [0, 0.1) is 11.3 Å². The Morgan fingerprint density at radius 3 is 1.95 bits per heavy atom. The summed E-state index contributed by atoms with van der Waals surface area (Å²) in [4.78, 5) is 2.14. The average Bonchev–Trinajstić information content (AvgIpc) is 2.37. The van der Waals surface area contributed by atoms with Gasteiger partial charge in [0.25, 0.3) is 0 Å². The van der Waals surface area contributed by atoms with Crippen molar-refractivity contribution in [3.63, 3.8) is 0 Å². The number of fused-ring (bicyclic) bond motifs is 1. The first-order valence-electron chi connectivity index (χ1n) is 5.80. The minimum Gasteiger partial charge on any atom is -0.377 e. The molecule has 0 unspecified atom stereocenters. The highest BCUT2D eigenvalue weighted by molar-refractivity contribution is 8.31. The predicted molar refractivity (Wildman–Crippen MR) is 90.2 cm³/mol. The van der Waals surface area contributed by atoms with E-state index in [4.69, 9.17) is 13.7 Å². The molecule has 0 aliphatic carbocycles. The van der Waals surface area contributed by atoms with Crippen LogP contribution in [0.5, 0.6) is 0 Å². The number of anilines is 1. The Balaban J connectivity index is 0.000000422. The van der Waals surface area contributed by atoms with Gasteiger partial charge in [-0.05, 0) is 11.5 Å². The van der Waals surface area contributed by atoms with Gasteiger partial charge in [0.2, 0.25) is 0 Å². The third-order valence-corrected chi connectivity index (χ3v) is 2.25. The van der Waals surface area contributed by atoms with Crippen LogP contribution in [0.4, 0.5) is 5.69 Å². The molecular formula is C14H16Cl2N2O2S. The summed E-state index contributed by atoms with van der Waals surface area (Å²) in [6, 6.07) is 16.6. The zero-order chi connectivity index (χ0) is 16.5. The molecule has 0 atom stereocenters. The van der Waals surface area contributed by atoms with E-state index in [0.29, 0.717) is 0 Å². The topological polar surface area (TPSA) is 61.2 Å². The van der Waals surface area contributed by atoms with Gasteiger partial charge in [-0.1, -0.05) is 36.4 Å². The molecule has 2 rings (SSSR count). The van der Waals surface area contributed by atoms with E-state index in [1.54, 1.807) is 6.07 Å². The predicted octanol–water partition coefficient (Wildman–Crippen LogP) is 4.14. The second-order valence-corrected chi connectivity index (χ2v) is 7.66. The van der Waals surface area contributed by atoms with Gasteiger partial charge in [0.1, 0.15) is 0 Å². The fourth-order valence-electron chi connectivity index (χ4n) is 1.60. The van der Waals surface area contributed by atoms with Crippen molar-refractivity contribution in [1.82, 2.24) is 0 Å². The van der Waals surface area contributed by atoms with Gasteiger partial charge >= 0.3 is 8.26 Å². The Kier molecular flexibility index (Phi) is 8.79. The molecular weight excluding hydrogens is 331 g/mol. The molecule has 114 valence electrons. The number of nitriles is 1.